The van der Waals surface area contributed by atoms with Crippen LogP contribution in [0.4, 0.5) is 5.69 Å². The van der Waals surface area contributed by atoms with Gasteiger partial charge in [-0.1, -0.05) is 18.2 Å². The van der Waals surface area contributed by atoms with Crippen LogP contribution in [0.1, 0.15) is 12.0 Å². The molecule has 2 fully saturated rings. The molecule has 76 heavy (non-hydrogen) atoms. The number of aliphatic hydroxyl groups excluding tert-OH is 2. The van der Waals surface area contributed by atoms with Gasteiger partial charge in [-0.25, -0.2) is 26.1 Å². The Bertz CT molecular complexity index is 3500. The number of phosphoric ester groups is 2. The van der Waals surface area contributed by atoms with E-state index >= 15 is 0 Å². The summed E-state index contributed by atoms with van der Waals surface area (Å²) in [6, 6.07) is 20.1. The van der Waals surface area contributed by atoms with Crippen molar-refractivity contribution in [3.63, 3.8) is 0 Å². The SMILES string of the molecule is COc1cccc(Cn2ncc3c4sc(S(C)=O)cc4n(C)c3c2=O)c1.Nc1cccc(S(=O)(=O)N2CCCN(S(=O)(=O)c3ccc4c(c3)OCCO4)CC2)c1.O=P([O-])([O-])OC[C@]1(O)O[C@H](COP(=O)(O)O)C(O)[C@H]1O. The minimum atomic E-state index is -5.46. The van der Waals surface area contributed by atoms with Crippen LogP contribution in [0.15, 0.2) is 97.8 Å². The topological polar surface area (TPSA) is 394 Å². The van der Waals surface area contributed by atoms with Crippen LogP contribution in [-0.2, 0) is 67.4 Å². The van der Waals surface area contributed by atoms with Gasteiger partial charge in [0.05, 0.1) is 69.3 Å². The Kier molecular flexibility index (Phi) is 18.4. The number of methoxy groups -OCH3 is 1. The number of hydrogen-bond acceptors (Lipinski definition) is 22. The maximum atomic E-state index is 13.1. The summed E-state index contributed by atoms with van der Waals surface area (Å²) in [5.74, 6) is -1.10. The first-order valence-electron chi connectivity index (χ1n) is 22.4. The molecule has 416 valence electrons. The third-order valence-electron chi connectivity index (χ3n) is 11.8. The van der Waals surface area contributed by atoms with Crippen LogP contribution in [0.2, 0.25) is 0 Å². The molecule has 0 bridgehead atoms. The number of aromatic nitrogens is 3. The number of nitrogens with zero attached hydrogens (tertiary/aromatic N) is 5. The molecule has 0 aliphatic carbocycles. The minimum absolute atomic E-state index is 0.0539. The molecule has 27 nitrogen and oxygen atoms in total. The van der Waals surface area contributed by atoms with E-state index in [9.17, 15) is 60.1 Å². The highest BCUT2D eigenvalue weighted by Gasteiger charge is 2.54. The predicted molar refractivity (Wildman–Crippen MR) is 269 cm³/mol. The first-order chi connectivity index (χ1) is 35.6. The van der Waals surface area contributed by atoms with E-state index in [1.165, 1.54) is 48.9 Å². The summed E-state index contributed by atoms with van der Waals surface area (Å²) in [5, 5.41) is 33.8. The van der Waals surface area contributed by atoms with Gasteiger partial charge in [0.25, 0.3) is 5.56 Å². The smallest absolute Gasteiger partial charge is 0.469 e. The van der Waals surface area contributed by atoms with Crippen molar-refractivity contribution >= 4 is 84.6 Å². The van der Waals surface area contributed by atoms with E-state index in [-0.39, 0.29) is 41.5 Å². The Morgan fingerprint density at radius 1 is 0.908 bits per heavy atom. The highest BCUT2D eigenvalue weighted by molar-refractivity contribution is 7.89. The molecular formula is C43H52N6O21P2S4-2. The quantitative estimate of drug-likeness (QED) is 0.0598. The summed E-state index contributed by atoms with van der Waals surface area (Å²) in [5.41, 5.74) is 8.39. The van der Waals surface area contributed by atoms with E-state index in [0.29, 0.717) is 48.9 Å². The second-order valence-electron chi connectivity index (χ2n) is 17.0. The first-order valence-corrected chi connectivity index (χ1v) is 30.7. The first kappa shape index (κ1) is 58.9. The van der Waals surface area contributed by atoms with Crippen molar-refractivity contribution in [3.05, 3.63) is 94.9 Å². The Hall–Kier alpha value is -4.73. The lowest BCUT2D eigenvalue weighted by Crippen LogP contribution is -2.47. The molecule has 2 saturated heterocycles. The highest BCUT2D eigenvalue weighted by atomic mass is 32.2. The lowest BCUT2D eigenvalue weighted by molar-refractivity contribution is -0.350. The van der Waals surface area contributed by atoms with Crippen LogP contribution < -0.4 is 35.3 Å². The molecule has 2 unspecified atom stereocenters. The molecule has 7 N–H and O–H groups in total. The number of aliphatic hydroxyl groups is 3. The molecular weight excluding hydrogens is 1130 g/mol. The number of fused-ring (bicyclic) bond motifs is 4. The summed E-state index contributed by atoms with van der Waals surface area (Å²) in [6.07, 6.45) is -1.76. The Morgan fingerprint density at radius 3 is 2.17 bits per heavy atom. The van der Waals surface area contributed by atoms with Gasteiger partial charge in [0.2, 0.25) is 25.8 Å². The van der Waals surface area contributed by atoms with Crippen molar-refractivity contribution in [2.45, 2.75) is 51.1 Å². The lowest BCUT2D eigenvalue weighted by Gasteiger charge is -2.33. The van der Waals surface area contributed by atoms with E-state index in [4.69, 9.17) is 29.7 Å². The number of nitrogen functional groups attached to an aromatic ring is 1. The second-order valence-corrected chi connectivity index (χ2v) is 25.9. The molecule has 6 heterocycles. The van der Waals surface area contributed by atoms with Gasteiger partial charge >= 0.3 is 7.82 Å². The number of hydrogen-bond donors (Lipinski definition) is 6. The van der Waals surface area contributed by atoms with E-state index in [0.717, 1.165) is 31.1 Å². The average Bonchev–Trinajstić information content (AvgIpc) is 3.91. The number of benzene rings is 3. The van der Waals surface area contributed by atoms with Crippen molar-refractivity contribution in [3.8, 4) is 17.2 Å². The Balaban J connectivity index is 0.000000170. The normalized spacial score (nSPS) is 21.1. The van der Waals surface area contributed by atoms with Crippen LogP contribution in [-0.4, -0.2) is 159 Å². The van der Waals surface area contributed by atoms with Crippen LogP contribution in [0.5, 0.6) is 17.2 Å². The zero-order chi connectivity index (χ0) is 55.5. The van der Waals surface area contributed by atoms with Gasteiger partial charge in [-0.15, -0.1) is 11.3 Å². The van der Waals surface area contributed by atoms with E-state index in [1.807, 2.05) is 41.9 Å². The van der Waals surface area contributed by atoms with Crippen molar-refractivity contribution in [2.75, 3.05) is 71.7 Å². The van der Waals surface area contributed by atoms with Gasteiger partial charge in [-0.2, -0.15) is 13.7 Å². The summed E-state index contributed by atoms with van der Waals surface area (Å²) < 4.78 is 121. The summed E-state index contributed by atoms with van der Waals surface area (Å²) in [6.45, 7) is -0.503. The molecule has 9 rings (SSSR count). The molecule has 33 heteroatoms. The Labute approximate surface area is 440 Å². The maximum Gasteiger partial charge on any atom is 0.469 e. The fourth-order valence-electron chi connectivity index (χ4n) is 8.06. The van der Waals surface area contributed by atoms with Gasteiger partial charge in [-0.3, -0.25) is 13.5 Å². The van der Waals surface area contributed by atoms with Crippen LogP contribution in [0.3, 0.4) is 0 Å². The fourth-order valence-corrected chi connectivity index (χ4v) is 13.7. The van der Waals surface area contributed by atoms with Crippen LogP contribution in [0.25, 0.3) is 21.1 Å². The number of phosphoric acid groups is 2. The number of thiophene rings is 1. The standard InChI is InChI=1S/C19H23N3O6S2.C18H17N3O3S2.C6H14O12P2/c20-15-3-1-4-16(13-15)29(23,24)21-7-2-8-22(10-9-21)30(25,26)17-5-6-18-19(14-17)28-12-11-27-18;1-20-14-8-15(26(3)23)25-17(14)13-9-19-21(18(22)16(13)20)10-11-5-4-6-12(7-11)24-2;7-4-3(1-16-19(10,11)12)18-6(9,5(4)8)2-17-20(13,14)15/h1,3-6,13-14H,2,7-12,20H2;4-9H,10H2,1-3H3;3-5,7-9H,1-2H2,(H2,10,11,12)(H2,13,14,15)/p-2/t;;3-,4?,5-,6+/m..1/s1. The predicted octanol–water partition coefficient (Wildman–Crippen LogP) is -0.380. The monoisotopic (exact) mass is 1180 g/mol. The summed E-state index contributed by atoms with van der Waals surface area (Å²) in [7, 11) is -15.5. The largest absolute Gasteiger partial charge is 0.790 e. The third-order valence-corrected chi connectivity index (χ3v) is 19.1. The van der Waals surface area contributed by atoms with Crippen molar-refractivity contribution in [2.24, 2.45) is 7.05 Å². The number of anilines is 1. The molecule has 3 aromatic carbocycles. The van der Waals surface area contributed by atoms with Crippen molar-refractivity contribution in [1.82, 2.24) is 23.0 Å². The second kappa shape index (κ2) is 23.7. The van der Waals surface area contributed by atoms with Gasteiger partial charge in [0, 0.05) is 56.6 Å². The van der Waals surface area contributed by atoms with Crippen molar-refractivity contribution in [1.29, 1.82) is 0 Å². The van der Waals surface area contributed by atoms with Gasteiger partial charge in [0.1, 0.15) is 49.4 Å². The molecule has 0 radical (unpaired) electrons. The minimum Gasteiger partial charge on any atom is -0.790 e. The number of aryl methyl sites for hydroxylation is 1. The zero-order valence-electron chi connectivity index (χ0n) is 40.4. The molecule has 6 aromatic rings. The summed E-state index contributed by atoms with van der Waals surface area (Å²) >= 11 is 1.45. The number of ether oxygens (including phenoxy) is 4. The summed E-state index contributed by atoms with van der Waals surface area (Å²) in [4.78, 5) is 50.6. The number of sulfonamides is 2. The van der Waals surface area contributed by atoms with E-state index in [2.05, 4.69) is 18.9 Å². The average molecular weight is 1180 g/mol. The number of nitrogens with two attached hydrogens (primary N) is 1. The van der Waals surface area contributed by atoms with Crippen LogP contribution in [0, 0.1) is 0 Å². The highest BCUT2D eigenvalue weighted by Crippen LogP contribution is 2.40. The van der Waals surface area contributed by atoms with Gasteiger partial charge < -0.3 is 73.2 Å². The zero-order valence-corrected chi connectivity index (χ0v) is 45.5. The maximum absolute atomic E-state index is 13.1. The van der Waals surface area contributed by atoms with E-state index < -0.39 is 83.8 Å². The molecule has 3 aliphatic heterocycles. The number of rotatable bonds is 14. The van der Waals surface area contributed by atoms with Gasteiger partial charge in [-0.05, 0) is 60.5 Å². The molecule has 0 saturated carbocycles. The molecule has 0 spiro atoms. The molecule has 0 amide bonds. The van der Waals surface area contributed by atoms with Crippen LogP contribution >= 0.6 is 27.0 Å². The lowest BCUT2D eigenvalue weighted by atomic mass is 10.1. The van der Waals surface area contributed by atoms with Gasteiger partial charge in [0.15, 0.2) is 11.5 Å². The molecule has 5 atom stereocenters. The van der Waals surface area contributed by atoms with E-state index in [1.54, 1.807) is 37.8 Å². The fraction of sp³-hybridized carbons (Fsp3) is 0.395. The Morgan fingerprint density at radius 2 is 1.55 bits per heavy atom. The molecule has 3 aliphatic rings. The third kappa shape index (κ3) is 13.7. The van der Waals surface area contributed by atoms with Crippen molar-refractivity contribution < 1.29 is 93.1 Å². The molecule has 3 aromatic heterocycles.